The lowest BCUT2D eigenvalue weighted by Gasteiger charge is -2.19. The van der Waals surface area contributed by atoms with Crippen molar-refractivity contribution >= 4 is 11.4 Å². The summed E-state index contributed by atoms with van der Waals surface area (Å²) < 4.78 is 5.95. The monoisotopic (exact) mass is 470 g/mol. The number of hydrogen-bond acceptors (Lipinski definition) is 5. The van der Waals surface area contributed by atoms with Crippen molar-refractivity contribution < 1.29 is 14.6 Å². The maximum absolute atomic E-state index is 11.5. The van der Waals surface area contributed by atoms with E-state index in [0.29, 0.717) is 11.7 Å². The number of nitrogens with zero attached hydrogens (tertiary/aromatic N) is 2. The summed E-state index contributed by atoms with van der Waals surface area (Å²) in [5.74, 6) is 0.873. The number of ether oxygens (including phenoxy) is 1. The highest BCUT2D eigenvalue weighted by atomic mass is 16.6. The zero-order chi connectivity index (χ0) is 24.8. The SMILES string of the molecule is CCCCCCCCCCCCC(CC)c1ccccc1Oc1ccc([N+](=O)[O-])cc1[N+](=O)[O-]. The van der Waals surface area contributed by atoms with E-state index in [1.54, 1.807) is 0 Å². The van der Waals surface area contributed by atoms with Crippen molar-refractivity contribution in [1.29, 1.82) is 0 Å². The molecule has 0 bridgehead atoms. The molecule has 0 amide bonds. The van der Waals surface area contributed by atoms with Crippen LogP contribution in [0.4, 0.5) is 11.4 Å². The predicted molar refractivity (Wildman–Crippen MR) is 136 cm³/mol. The molecule has 0 saturated carbocycles. The van der Waals surface area contributed by atoms with Crippen LogP contribution >= 0.6 is 0 Å². The van der Waals surface area contributed by atoms with Crippen LogP contribution in [0, 0.1) is 20.2 Å². The van der Waals surface area contributed by atoms with Gasteiger partial charge in [-0.2, -0.15) is 0 Å². The molecule has 0 saturated heterocycles. The Hall–Kier alpha value is -2.96. The van der Waals surface area contributed by atoms with Crippen molar-refractivity contribution in [2.75, 3.05) is 0 Å². The van der Waals surface area contributed by atoms with Crippen LogP contribution in [-0.4, -0.2) is 9.85 Å². The summed E-state index contributed by atoms with van der Waals surface area (Å²) in [6, 6.07) is 11.1. The molecule has 34 heavy (non-hydrogen) atoms. The lowest BCUT2D eigenvalue weighted by Crippen LogP contribution is -2.02. The van der Waals surface area contributed by atoms with Crippen molar-refractivity contribution in [2.45, 2.75) is 96.8 Å². The number of para-hydroxylation sites is 1. The van der Waals surface area contributed by atoms with Gasteiger partial charge in [-0.1, -0.05) is 96.3 Å². The molecule has 1 atom stereocenters. The third kappa shape index (κ3) is 8.76. The Morgan fingerprint density at radius 2 is 1.38 bits per heavy atom. The molecule has 7 heteroatoms. The zero-order valence-corrected chi connectivity index (χ0v) is 20.5. The fourth-order valence-corrected chi connectivity index (χ4v) is 4.34. The minimum Gasteiger partial charge on any atom is -0.450 e. The smallest absolute Gasteiger partial charge is 0.318 e. The maximum Gasteiger partial charge on any atom is 0.318 e. The van der Waals surface area contributed by atoms with Gasteiger partial charge in [0.15, 0.2) is 0 Å². The first-order chi connectivity index (χ1) is 16.5. The molecule has 0 heterocycles. The van der Waals surface area contributed by atoms with Crippen molar-refractivity contribution in [3.8, 4) is 11.5 Å². The van der Waals surface area contributed by atoms with Crippen molar-refractivity contribution in [2.24, 2.45) is 0 Å². The van der Waals surface area contributed by atoms with Crippen LogP contribution < -0.4 is 4.74 Å². The molecule has 1 unspecified atom stereocenters. The Kier molecular flexibility index (Phi) is 12.1. The largest absolute Gasteiger partial charge is 0.450 e. The molecule has 0 aliphatic carbocycles. The molecular formula is C27H38N2O5. The van der Waals surface area contributed by atoms with Gasteiger partial charge in [0.1, 0.15) is 5.75 Å². The predicted octanol–water partition coefficient (Wildman–Crippen LogP) is 9.10. The van der Waals surface area contributed by atoms with Gasteiger partial charge < -0.3 is 4.74 Å². The normalized spacial score (nSPS) is 11.8. The van der Waals surface area contributed by atoms with E-state index in [-0.39, 0.29) is 11.4 Å². The van der Waals surface area contributed by atoms with Crippen molar-refractivity contribution in [3.63, 3.8) is 0 Å². The Labute approximate surface area is 202 Å². The fraction of sp³-hybridized carbons (Fsp3) is 0.556. The lowest BCUT2D eigenvalue weighted by atomic mass is 9.90. The molecular weight excluding hydrogens is 432 g/mol. The standard InChI is InChI=1S/C27H38N2O5/c1-3-5-6-7-8-9-10-11-12-13-16-22(4-2)24-17-14-15-18-26(24)34-27-20-19-23(28(30)31)21-25(27)29(32)33/h14-15,17-22H,3-13,16H2,1-2H3. The minimum atomic E-state index is -0.649. The van der Waals surface area contributed by atoms with Gasteiger partial charge in [0.05, 0.1) is 15.9 Å². The molecule has 7 nitrogen and oxygen atoms in total. The number of non-ortho nitro benzene ring substituents is 1. The first-order valence-corrected chi connectivity index (χ1v) is 12.7. The summed E-state index contributed by atoms with van der Waals surface area (Å²) in [5.41, 5.74) is 0.278. The van der Waals surface area contributed by atoms with Gasteiger partial charge in [-0.05, 0) is 36.5 Å². The lowest BCUT2D eigenvalue weighted by molar-refractivity contribution is -0.394. The topological polar surface area (TPSA) is 95.5 Å². The number of nitro benzene ring substituents is 2. The number of benzene rings is 2. The highest BCUT2D eigenvalue weighted by molar-refractivity contribution is 5.55. The molecule has 0 aromatic heterocycles. The summed E-state index contributed by atoms with van der Waals surface area (Å²) in [7, 11) is 0. The number of hydrogen-bond donors (Lipinski definition) is 0. The van der Waals surface area contributed by atoms with Crippen molar-refractivity contribution in [3.05, 3.63) is 68.3 Å². The van der Waals surface area contributed by atoms with E-state index in [4.69, 9.17) is 4.74 Å². The Balaban J connectivity index is 1.96. The van der Waals surface area contributed by atoms with E-state index in [2.05, 4.69) is 13.8 Å². The highest BCUT2D eigenvalue weighted by Gasteiger charge is 2.23. The average Bonchev–Trinajstić information content (AvgIpc) is 2.83. The van der Waals surface area contributed by atoms with E-state index in [1.165, 1.54) is 69.9 Å². The Morgan fingerprint density at radius 1 is 0.765 bits per heavy atom. The fourth-order valence-electron chi connectivity index (χ4n) is 4.34. The van der Waals surface area contributed by atoms with E-state index in [0.717, 1.165) is 30.9 Å². The van der Waals surface area contributed by atoms with Gasteiger partial charge in [0.2, 0.25) is 5.75 Å². The molecule has 2 aromatic carbocycles. The first kappa shape index (κ1) is 27.3. The van der Waals surface area contributed by atoms with Gasteiger partial charge in [0.25, 0.3) is 5.69 Å². The number of rotatable bonds is 17. The Morgan fingerprint density at radius 3 is 1.97 bits per heavy atom. The van der Waals surface area contributed by atoms with Crippen LogP contribution in [-0.2, 0) is 0 Å². The molecule has 2 aromatic rings. The third-order valence-corrected chi connectivity index (χ3v) is 6.33. The minimum absolute atomic E-state index is 0.0110. The molecule has 0 aliphatic rings. The average molecular weight is 471 g/mol. The summed E-state index contributed by atoms with van der Waals surface area (Å²) in [6.45, 7) is 4.39. The second kappa shape index (κ2) is 15.0. The van der Waals surface area contributed by atoms with Gasteiger partial charge >= 0.3 is 5.69 Å². The van der Waals surface area contributed by atoms with E-state index < -0.39 is 15.5 Å². The summed E-state index contributed by atoms with van der Waals surface area (Å²) in [6.07, 6.45) is 14.9. The quantitative estimate of drug-likeness (QED) is 0.130. The first-order valence-electron chi connectivity index (χ1n) is 12.7. The van der Waals surface area contributed by atoms with Crippen LogP contribution in [0.25, 0.3) is 0 Å². The zero-order valence-electron chi connectivity index (χ0n) is 20.5. The van der Waals surface area contributed by atoms with E-state index in [9.17, 15) is 20.2 Å². The number of unbranched alkanes of at least 4 members (excludes halogenated alkanes) is 9. The van der Waals surface area contributed by atoms with E-state index >= 15 is 0 Å². The maximum atomic E-state index is 11.5. The molecule has 0 fully saturated rings. The summed E-state index contributed by atoms with van der Waals surface area (Å²) in [5, 5.41) is 22.5. The molecule has 2 rings (SSSR count). The van der Waals surface area contributed by atoms with Crippen LogP contribution in [0.5, 0.6) is 11.5 Å². The van der Waals surface area contributed by atoms with Crippen LogP contribution in [0.15, 0.2) is 42.5 Å². The van der Waals surface area contributed by atoms with E-state index in [1.807, 2.05) is 24.3 Å². The Bertz CT molecular complexity index is 916. The third-order valence-electron chi connectivity index (χ3n) is 6.33. The molecule has 186 valence electrons. The van der Waals surface area contributed by atoms with Gasteiger partial charge in [-0.25, -0.2) is 0 Å². The van der Waals surface area contributed by atoms with Crippen LogP contribution in [0.2, 0.25) is 0 Å². The van der Waals surface area contributed by atoms with Crippen molar-refractivity contribution in [1.82, 2.24) is 0 Å². The summed E-state index contributed by atoms with van der Waals surface area (Å²) >= 11 is 0. The van der Waals surface area contributed by atoms with Gasteiger partial charge in [-0.15, -0.1) is 0 Å². The molecule has 0 radical (unpaired) electrons. The van der Waals surface area contributed by atoms with Gasteiger partial charge in [-0.3, -0.25) is 20.2 Å². The molecule has 0 N–H and O–H groups in total. The van der Waals surface area contributed by atoms with Crippen LogP contribution in [0.3, 0.4) is 0 Å². The van der Waals surface area contributed by atoms with Crippen LogP contribution in [0.1, 0.15) is 102 Å². The number of nitro groups is 2. The second-order valence-electron chi connectivity index (χ2n) is 8.88. The molecule has 0 spiro atoms. The summed E-state index contributed by atoms with van der Waals surface area (Å²) in [4.78, 5) is 21.2. The second-order valence-corrected chi connectivity index (χ2v) is 8.88. The molecule has 0 aliphatic heterocycles. The van der Waals surface area contributed by atoms with Gasteiger partial charge in [0, 0.05) is 6.07 Å². The highest BCUT2D eigenvalue weighted by Crippen LogP contribution is 2.39.